The summed E-state index contributed by atoms with van der Waals surface area (Å²) in [5, 5.41) is 29.9. The molecule has 1 unspecified atom stereocenters. The molecule has 4 aromatic carbocycles. The fourth-order valence-electron chi connectivity index (χ4n) is 15.8. The van der Waals surface area contributed by atoms with Crippen LogP contribution in [-0.4, -0.2) is 106 Å². The third-order valence-electron chi connectivity index (χ3n) is 19.2. The molecule has 3 N–H and O–H groups in total. The van der Waals surface area contributed by atoms with Gasteiger partial charge >= 0.3 is 23.9 Å². The Kier molecular flexibility index (Phi) is 10.5. The molecule has 14 rings (SSSR count). The normalized spacial score (nSPS) is 32.2. The zero-order valence-electron chi connectivity index (χ0n) is 42.1. The summed E-state index contributed by atoms with van der Waals surface area (Å²) < 4.78 is 36.7. The molecule has 0 amide bonds. The van der Waals surface area contributed by atoms with E-state index in [2.05, 4.69) is 10.2 Å². The van der Waals surface area contributed by atoms with Gasteiger partial charge in [-0.1, -0.05) is 24.3 Å². The van der Waals surface area contributed by atoms with E-state index in [1.54, 1.807) is 24.3 Å². The van der Waals surface area contributed by atoms with Crippen molar-refractivity contribution < 1.29 is 67.4 Å². The zero-order chi connectivity index (χ0) is 51.5. The number of likely N-dealkylation sites (tertiary alicyclic amines) is 1. The molecule has 7 aliphatic carbocycles. The van der Waals surface area contributed by atoms with Gasteiger partial charge in [-0.05, 0) is 147 Å². The Morgan fingerprint density at radius 2 is 1.20 bits per heavy atom. The maximum absolute atomic E-state index is 14.1. The van der Waals surface area contributed by atoms with Gasteiger partial charge in [0.1, 0.15) is 11.5 Å². The highest BCUT2D eigenvalue weighted by Gasteiger charge is 2.75. The minimum Gasteiger partial charge on any atom is -0.477 e. The standard InChI is InChI=1S/C59H60N2O14/c1-29(62)70-44-21-33(23-47(66)72-42-9-7-35-25-38-39(60-27-31-3-4-31)11-14-56-50(35)52(42)74-54(56)40(64)12-15-58(38,56)68)19-37-20-34(22-45(49(37)44)71-30(2)63)24-48(67)73-43-10-8-36-26-46-59(69)16-13-41(65)55-57(59,51(36)53(43)75-55)17-18-61(46)28-32-5-6-32/h7-10,19-22,31-32,38-39,46,54-55,60,68-69H,3-6,11-18,23-28H2,1-2H3/t38-,39?,46+,54-,55-,56-,57-,58+,59+/m0/s1. The second kappa shape index (κ2) is 16.6. The van der Waals surface area contributed by atoms with Crippen LogP contribution in [0.4, 0.5) is 0 Å². The maximum Gasteiger partial charge on any atom is 0.315 e. The Bertz CT molecular complexity index is 3230. The largest absolute Gasteiger partial charge is 0.477 e. The molecule has 3 heterocycles. The van der Waals surface area contributed by atoms with E-state index in [1.165, 1.54) is 51.7 Å². The van der Waals surface area contributed by atoms with Gasteiger partial charge < -0.3 is 44.0 Å². The summed E-state index contributed by atoms with van der Waals surface area (Å²) in [5.74, 6) is -0.718. The fourth-order valence-corrected chi connectivity index (χ4v) is 15.8. The molecule has 9 atom stereocenters. The van der Waals surface area contributed by atoms with Gasteiger partial charge in [-0.2, -0.15) is 0 Å². The van der Waals surface area contributed by atoms with Crippen molar-refractivity contribution in [3.8, 4) is 34.5 Å². The average Bonchev–Trinajstić information content (AvgIpc) is 4.41. The highest BCUT2D eigenvalue weighted by atomic mass is 16.6. The van der Waals surface area contributed by atoms with Crippen molar-refractivity contribution in [1.82, 2.24) is 10.2 Å². The molecule has 1 saturated heterocycles. The van der Waals surface area contributed by atoms with E-state index in [-0.39, 0.29) is 83.6 Å². The third kappa shape index (κ3) is 7.00. The minimum absolute atomic E-state index is 0.00634. The lowest BCUT2D eigenvalue weighted by molar-refractivity contribution is -0.188. The highest BCUT2D eigenvalue weighted by Crippen LogP contribution is 2.68. The number of piperidine rings is 1. The predicted molar refractivity (Wildman–Crippen MR) is 266 cm³/mol. The van der Waals surface area contributed by atoms with Gasteiger partial charge in [0, 0.05) is 62.4 Å². The van der Waals surface area contributed by atoms with E-state index >= 15 is 0 Å². The first-order valence-electron chi connectivity index (χ1n) is 27.1. The number of rotatable bonds is 13. The number of hydrogen-bond acceptors (Lipinski definition) is 16. The molecular formula is C59H60N2O14. The van der Waals surface area contributed by atoms with Crippen LogP contribution in [0, 0.1) is 17.8 Å². The van der Waals surface area contributed by atoms with Gasteiger partial charge in [0.25, 0.3) is 0 Å². The number of esters is 4. The third-order valence-corrected chi connectivity index (χ3v) is 19.2. The van der Waals surface area contributed by atoms with Gasteiger partial charge in [0.15, 0.2) is 46.8 Å². The first kappa shape index (κ1) is 47.3. The lowest BCUT2D eigenvalue weighted by atomic mass is 9.44. The van der Waals surface area contributed by atoms with Gasteiger partial charge in [0.2, 0.25) is 0 Å². The molecule has 0 radical (unpaired) electrons. The summed E-state index contributed by atoms with van der Waals surface area (Å²) in [4.78, 5) is 83.2. The summed E-state index contributed by atoms with van der Waals surface area (Å²) in [7, 11) is 0. The second-order valence-corrected chi connectivity index (χ2v) is 23.6. The molecule has 75 heavy (non-hydrogen) atoms. The number of Topliss-reactive ketones (excluding diaryl/α,β-unsaturated/α-hetero) is 2. The maximum atomic E-state index is 14.1. The number of hydrogen-bond donors (Lipinski definition) is 3. The number of benzene rings is 4. The Labute approximate surface area is 432 Å². The van der Waals surface area contributed by atoms with Crippen LogP contribution in [0.15, 0.2) is 48.5 Å². The van der Waals surface area contributed by atoms with E-state index < -0.39 is 58.1 Å². The Balaban J connectivity index is 0.750. The van der Waals surface area contributed by atoms with Gasteiger partial charge in [-0.15, -0.1) is 0 Å². The molecule has 4 bridgehead atoms. The number of carbonyl (C=O) groups excluding carboxylic acids is 6. The van der Waals surface area contributed by atoms with E-state index in [4.69, 9.17) is 28.4 Å². The van der Waals surface area contributed by atoms with Crippen molar-refractivity contribution in [2.45, 2.75) is 156 Å². The van der Waals surface area contributed by atoms with Crippen molar-refractivity contribution in [2.24, 2.45) is 17.8 Å². The molecule has 10 aliphatic rings. The van der Waals surface area contributed by atoms with E-state index in [0.717, 1.165) is 48.3 Å². The topological polar surface area (TPSA) is 214 Å². The number of ether oxygens (including phenoxy) is 6. The molecule has 2 spiro atoms. The van der Waals surface area contributed by atoms with E-state index in [0.29, 0.717) is 78.4 Å². The van der Waals surface area contributed by atoms with Gasteiger partial charge in [0.05, 0.1) is 40.3 Å². The molecule has 6 fully saturated rings. The van der Waals surface area contributed by atoms with Crippen molar-refractivity contribution in [3.63, 3.8) is 0 Å². The van der Waals surface area contributed by atoms with Crippen LogP contribution in [0.5, 0.6) is 34.5 Å². The van der Waals surface area contributed by atoms with Crippen LogP contribution in [0.2, 0.25) is 0 Å². The molecular weight excluding hydrogens is 961 g/mol. The average molecular weight is 1020 g/mol. The quantitative estimate of drug-likeness (QED) is 0.111. The number of nitrogens with one attached hydrogen (secondary N) is 1. The number of ketones is 2. The molecule has 0 aromatic heterocycles. The van der Waals surface area contributed by atoms with Gasteiger partial charge in [-0.25, -0.2) is 0 Å². The molecule has 3 aliphatic heterocycles. The fraction of sp³-hybridized carbons (Fsp3) is 0.525. The molecule has 16 heteroatoms. The van der Waals surface area contributed by atoms with Crippen molar-refractivity contribution in [1.29, 1.82) is 0 Å². The summed E-state index contributed by atoms with van der Waals surface area (Å²) >= 11 is 0. The minimum atomic E-state index is -1.19. The zero-order valence-corrected chi connectivity index (χ0v) is 42.1. The molecule has 16 nitrogen and oxygen atoms in total. The molecule has 5 saturated carbocycles. The van der Waals surface area contributed by atoms with Crippen molar-refractivity contribution in [2.75, 3.05) is 19.6 Å². The summed E-state index contributed by atoms with van der Waals surface area (Å²) in [6, 6.07) is 13.5. The number of fused-ring (bicyclic) bond motifs is 1. The predicted octanol–water partition coefficient (Wildman–Crippen LogP) is 5.55. The van der Waals surface area contributed by atoms with Crippen molar-refractivity contribution >= 4 is 46.2 Å². The second-order valence-electron chi connectivity index (χ2n) is 23.6. The lowest BCUT2D eigenvalue weighted by Crippen LogP contribution is -2.76. The number of nitrogens with zero attached hydrogens (tertiary/aromatic N) is 1. The summed E-state index contributed by atoms with van der Waals surface area (Å²) in [5.41, 5.74) is -0.0395. The smallest absolute Gasteiger partial charge is 0.315 e. The number of carbonyl (C=O) groups is 6. The van der Waals surface area contributed by atoms with Crippen LogP contribution in [0.25, 0.3) is 10.8 Å². The number of aliphatic hydroxyl groups is 2. The molecule has 4 aromatic rings. The Hall–Kier alpha value is -6.20. The van der Waals surface area contributed by atoms with Gasteiger partial charge in [-0.3, -0.25) is 33.7 Å². The Morgan fingerprint density at radius 1 is 0.653 bits per heavy atom. The van der Waals surface area contributed by atoms with Crippen LogP contribution < -0.4 is 33.7 Å². The van der Waals surface area contributed by atoms with Crippen LogP contribution >= 0.6 is 0 Å². The van der Waals surface area contributed by atoms with E-state index in [1.807, 2.05) is 12.1 Å². The molecule has 390 valence electrons. The summed E-state index contributed by atoms with van der Waals surface area (Å²) in [6.07, 6.45) is 6.55. The van der Waals surface area contributed by atoms with Crippen LogP contribution in [0.1, 0.15) is 118 Å². The SMILES string of the molecule is CC(=O)Oc1cc(CC(=O)Oc2ccc3c4c2O[C@H]2C(=O)CC[C@@]5(O)[C@@H](C3)C(NCC3CC3)CC[C@]425)cc2cc(CC(=O)Oc3ccc4c5c3O[C@H]3C(=O)CC[C@@]6(O)[C@@H](C4)N(CC4CC4)CC[C@]536)cc(OC(C)=O)c12. The Morgan fingerprint density at radius 3 is 1.76 bits per heavy atom. The van der Waals surface area contributed by atoms with Crippen LogP contribution in [0.3, 0.4) is 0 Å². The first-order valence-corrected chi connectivity index (χ1v) is 27.1. The monoisotopic (exact) mass is 1020 g/mol. The lowest BCUT2D eigenvalue weighted by Gasteiger charge is -2.62. The first-order chi connectivity index (χ1) is 36.1. The van der Waals surface area contributed by atoms with Crippen LogP contribution in [-0.2, 0) is 65.3 Å². The van der Waals surface area contributed by atoms with Crippen molar-refractivity contribution in [3.05, 3.63) is 81.9 Å². The summed E-state index contributed by atoms with van der Waals surface area (Å²) in [6.45, 7) is 5.03. The highest BCUT2D eigenvalue weighted by molar-refractivity contribution is 5.99. The van der Waals surface area contributed by atoms with E-state index in [9.17, 15) is 39.0 Å².